The molecule has 6 nitrogen and oxygen atoms in total. The molecule has 2 aromatic rings. The summed E-state index contributed by atoms with van der Waals surface area (Å²) in [5.74, 6) is -1.00. The largest absolute Gasteiger partial charge is 0.493 e. The molecule has 0 aliphatic rings. The smallest absolute Gasteiger partial charge is 0.335 e. The van der Waals surface area contributed by atoms with E-state index in [1.807, 2.05) is 12.1 Å². The number of rotatable bonds is 7. The number of hydrogen-bond donors (Lipinski definition) is 2. The first-order valence-electron chi connectivity index (χ1n) is 7.93. The number of benzene rings is 2. The number of nitrogens with one attached hydrogen (secondary N) is 1. The topological polar surface area (TPSA) is 84.9 Å². The van der Waals surface area contributed by atoms with Crippen LogP contribution in [-0.2, 0) is 0 Å². The minimum Gasteiger partial charge on any atom is -0.493 e. The molecule has 0 fully saturated rings. The van der Waals surface area contributed by atoms with E-state index in [1.165, 1.54) is 26.4 Å². The Bertz CT molecular complexity index is 802. The molecule has 2 aromatic carbocycles. The summed E-state index contributed by atoms with van der Waals surface area (Å²) in [6.45, 7) is 4.20. The minimum absolute atomic E-state index is 0.0124. The van der Waals surface area contributed by atoms with Crippen molar-refractivity contribution in [1.29, 1.82) is 0 Å². The quantitative estimate of drug-likeness (QED) is 0.707. The third-order valence-corrected chi connectivity index (χ3v) is 4.48. The molecule has 0 aromatic heterocycles. The molecule has 26 heavy (non-hydrogen) atoms. The highest BCUT2D eigenvalue weighted by molar-refractivity contribution is 7.99. The summed E-state index contributed by atoms with van der Waals surface area (Å²) >= 11 is 1.71. The Kier molecular flexibility index (Phi) is 6.52. The van der Waals surface area contributed by atoms with E-state index >= 15 is 0 Å². The number of anilines is 1. The van der Waals surface area contributed by atoms with Crippen LogP contribution in [0.25, 0.3) is 0 Å². The van der Waals surface area contributed by atoms with Gasteiger partial charge in [0.1, 0.15) is 0 Å². The van der Waals surface area contributed by atoms with E-state index in [0.29, 0.717) is 10.8 Å². The number of aromatic carboxylic acids is 1. The fraction of sp³-hybridized carbons (Fsp3) is 0.263. The van der Waals surface area contributed by atoms with E-state index in [9.17, 15) is 14.7 Å². The molecule has 7 heteroatoms. The highest BCUT2D eigenvalue weighted by Crippen LogP contribution is 2.37. The van der Waals surface area contributed by atoms with Crippen molar-refractivity contribution in [3.8, 4) is 11.5 Å². The lowest BCUT2D eigenvalue weighted by Crippen LogP contribution is -2.14. The van der Waals surface area contributed by atoms with Gasteiger partial charge in [-0.25, -0.2) is 4.79 Å². The van der Waals surface area contributed by atoms with Crippen LogP contribution < -0.4 is 14.8 Å². The Morgan fingerprint density at radius 1 is 1.04 bits per heavy atom. The van der Waals surface area contributed by atoms with Crippen molar-refractivity contribution in [2.24, 2.45) is 0 Å². The predicted molar refractivity (Wildman–Crippen MR) is 102 cm³/mol. The Morgan fingerprint density at radius 2 is 1.69 bits per heavy atom. The Hall–Kier alpha value is -2.67. The Balaban J connectivity index is 2.30. The maximum absolute atomic E-state index is 12.5. The van der Waals surface area contributed by atoms with Crippen LogP contribution in [-0.4, -0.2) is 36.5 Å². The molecule has 138 valence electrons. The lowest BCUT2D eigenvalue weighted by Gasteiger charge is -2.15. The van der Waals surface area contributed by atoms with Gasteiger partial charge in [0, 0.05) is 15.7 Å². The van der Waals surface area contributed by atoms with E-state index in [4.69, 9.17) is 9.47 Å². The fourth-order valence-corrected chi connectivity index (χ4v) is 3.17. The van der Waals surface area contributed by atoms with Crippen molar-refractivity contribution < 1.29 is 24.2 Å². The average molecular weight is 375 g/mol. The highest BCUT2D eigenvalue weighted by atomic mass is 32.2. The lowest BCUT2D eigenvalue weighted by atomic mass is 10.1. The van der Waals surface area contributed by atoms with E-state index in [1.54, 1.807) is 23.9 Å². The van der Waals surface area contributed by atoms with Crippen LogP contribution in [0.2, 0.25) is 0 Å². The minimum atomic E-state index is -1.13. The molecule has 0 atom stereocenters. The molecule has 0 saturated heterocycles. The number of carbonyl (C=O) groups is 2. The van der Waals surface area contributed by atoms with Gasteiger partial charge in [-0.15, -0.1) is 11.8 Å². The molecule has 0 aliphatic heterocycles. The predicted octanol–water partition coefficient (Wildman–Crippen LogP) is 4.15. The van der Waals surface area contributed by atoms with Crippen molar-refractivity contribution in [2.45, 2.75) is 24.0 Å². The number of carboxylic acids is 1. The maximum Gasteiger partial charge on any atom is 0.335 e. The first-order valence-corrected chi connectivity index (χ1v) is 8.81. The summed E-state index contributed by atoms with van der Waals surface area (Å²) in [7, 11) is 2.83. The van der Waals surface area contributed by atoms with Gasteiger partial charge in [-0.05, 0) is 36.4 Å². The van der Waals surface area contributed by atoms with Crippen LogP contribution in [0.4, 0.5) is 5.69 Å². The van der Waals surface area contributed by atoms with E-state index in [2.05, 4.69) is 19.2 Å². The zero-order valence-electron chi connectivity index (χ0n) is 15.0. The molecule has 2 N–H and O–H groups in total. The van der Waals surface area contributed by atoms with Crippen molar-refractivity contribution in [3.05, 3.63) is 47.5 Å². The number of amides is 1. The Labute approximate surface area is 156 Å². The monoisotopic (exact) mass is 375 g/mol. The summed E-state index contributed by atoms with van der Waals surface area (Å²) in [6, 6.07) is 9.89. The van der Waals surface area contributed by atoms with Crippen molar-refractivity contribution in [2.75, 3.05) is 19.5 Å². The van der Waals surface area contributed by atoms with Crippen molar-refractivity contribution in [1.82, 2.24) is 0 Å². The van der Waals surface area contributed by atoms with Gasteiger partial charge in [0.05, 0.1) is 25.5 Å². The highest BCUT2D eigenvalue weighted by Gasteiger charge is 2.18. The van der Waals surface area contributed by atoms with Gasteiger partial charge in [0.25, 0.3) is 5.91 Å². The molecule has 1 amide bonds. The molecular weight excluding hydrogens is 354 g/mol. The molecule has 0 heterocycles. The number of thioether (sulfide) groups is 1. The van der Waals surface area contributed by atoms with Crippen molar-refractivity contribution >= 4 is 29.3 Å². The first kappa shape index (κ1) is 19.7. The standard InChI is InChI=1S/C19H21NO5S/c1-11(2)26-14-7-5-12(6-8-14)18(21)20-15-9-13(19(22)23)10-16(24-3)17(15)25-4/h5-11H,1-4H3,(H,20,21)(H,22,23). The molecule has 0 saturated carbocycles. The van der Waals surface area contributed by atoms with Crippen LogP contribution in [0, 0.1) is 0 Å². The lowest BCUT2D eigenvalue weighted by molar-refractivity contribution is 0.0696. The number of methoxy groups -OCH3 is 2. The number of carboxylic acid groups (broad SMARTS) is 1. The van der Waals surface area contributed by atoms with Crippen LogP contribution in [0.5, 0.6) is 11.5 Å². The first-order chi connectivity index (χ1) is 12.3. The van der Waals surface area contributed by atoms with Gasteiger partial charge < -0.3 is 19.9 Å². The normalized spacial score (nSPS) is 10.5. The summed E-state index contributed by atoms with van der Waals surface area (Å²) in [5, 5.41) is 12.4. The fourth-order valence-electron chi connectivity index (χ4n) is 2.33. The molecule has 0 unspecified atom stereocenters. The van der Waals surface area contributed by atoms with Crippen molar-refractivity contribution in [3.63, 3.8) is 0 Å². The second-order valence-electron chi connectivity index (χ2n) is 5.71. The number of ether oxygens (including phenoxy) is 2. The molecule has 2 rings (SSSR count). The summed E-state index contributed by atoms with van der Waals surface area (Å²) < 4.78 is 10.4. The molecule has 0 bridgehead atoms. The van der Waals surface area contributed by atoms with Crippen LogP contribution >= 0.6 is 11.8 Å². The van der Waals surface area contributed by atoms with Gasteiger partial charge in [0.2, 0.25) is 0 Å². The zero-order chi connectivity index (χ0) is 19.3. The van der Waals surface area contributed by atoms with Gasteiger partial charge in [-0.1, -0.05) is 13.8 Å². The Morgan fingerprint density at radius 3 is 2.19 bits per heavy atom. The SMILES string of the molecule is COc1cc(C(=O)O)cc(NC(=O)c2ccc(SC(C)C)cc2)c1OC. The van der Waals surface area contributed by atoms with Crippen LogP contribution in [0.3, 0.4) is 0 Å². The van der Waals surface area contributed by atoms with Gasteiger partial charge in [-0.3, -0.25) is 4.79 Å². The third kappa shape index (κ3) is 4.70. The van der Waals surface area contributed by atoms with E-state index in [-0.39, 0.29) is 28.7 Å². The molecule has 0 aliphatic carbocycles. The van der Waals surface area contributed by atoms with Gasteiger partial charge >= 0.3 is 5.97 Å². The second kappa shape index (κ2) is 8.62. The molecular formula is C19H21NO5S. The van der Waals surface area contributed by atoms with Gasteiger partial charge in [-0.2, -0.15) is 0 Å². The summed E-state index contributed by atoms with van der Waals surface area (Å²) in [4.78, 5) is 24.9. The zero-order valence-corrected chi connectivity index (χ0v) is 15.8. The number of hydrogen-bond acceptors (Lipinski definition) is 5. The van der Waals surface area contributed by atoms with Crippen LogP contribution in [0.1, 0.15) is 34.6 Å². The summed E-state index contributed by atoms with van der Waals surface area (Å²) in [6.07, 6.45) is 0. The maximum atomic E-state index is 12.5. The van der Waals surface area contributed by atoms with Crippen LogP contribution in [0.15, 0.2) is 41.3 Å². The van der Waals surface area contributed by atoms with E-state index < -0.39 is 5.97 Å². The third-order valence-electron chi connectivity index (χ3n) is 3.46. The second-order valence-corrected chi connectivity index (χ2v) is 7.36. The van der Waals surface area contributed by atoms with Gasteiger partial charge in [0.15, 0.2) is 11.5 Å². The number of carbonyl (C=O) groups excluding carboxylic acids is 1. The van der Waals surface area contributed by atoms with E-state index in [0.717, 1.165) is 4.90 Å². The average Bonchev–Trinajstić information content (AvgIpc) is 2.60. The molecule has 0 spiro atoms. The molecule has 0 radical (unpaired) electrons. The summed E-state index contributed by atoms with van der Waals surface area (Å²) in [5.41, 5.74) is 0.677.